The van der Waals surface area contributed by atoms with Crippen LogP contribution in [0.1, 0.15) is 105 Å². The Balaban J connectivity index is 1.39. The molecule has 1 aliphatic rings. The maximum atomic E-state index is 13.6. The number of thiazole rings is 2. The Hall–Kier alpha value is -4.43. The lowest BCUT2D eigenvalue weighted by atomic mass is 10.0. The lowest BCUT2D eigenvalue weighted by Crippen LogP contribution is -2.37. The van der Waals surface area contributed by atoms with Gasteiger partial charge in [-0.15, -0.1) is 22.7 Å². The van der Waals surface area contributed by atoms with E-state index < -0.39 is 6.04 Å². The summed E-state index contributed by atoms with van der Waals surface area (Å²) in [4.78, 5) is 64.4. The fraction of sp³-hybridized carbons (Fsp3) is 0.457. The molecule has 0 radical (unpaired) electrons. The Morgan fingerprint density at radius 3 is 2.29 bits per heavy atom. The molecule has 3 aromatic heterocycles. The highest BCUT2D eigenvalue weighted by Crippen LogP contribution is 2.27. The summed E-state index contributed by atoms with van der Waals surface area (Å²) in [5.74, 6) is -0.0588. The minimum atomic E-state index is -0.496. The second-order valence-corrected chi connectivity index (χ2v) is 14.5. The van der Waals surface area contributed by atoms with E-state index in [-0.39, 0.29) is 59.8 Å². The Morgan fingerprint density at radius 2 is 1.61 bits per heavy atom. The summed E-state index contributed by atoms with van der Waals surface area (Å²) in [6, 6.07) is 8.92. The predicted octanol–water partition coefficient (Wildman–Crippen LogP) is 5.11. The van der Waals surface area contributed by atoms with Crippen LogP contribution in [0.2, 0.25) is 0 Å². The molecular weight excluding hydrogens is 663 g/mol. The molecule has 0 unspecified atom stereocenters. The highest BCUT2D eigenvalue weighted by Gasteiger charge is 2.26. The van der Waals surface area contributed by atoms with E-state index in [2.05, 4.69) is 44.9 Å². The number of hydrogen-bond donors (Lipinski definition) is 3. The van der Waals surface area contributed by atoms with E-state index in [4.69, 9.17) is 4.52 Å². The third-order valence-electron chi connectivity index (χ3n) is 8.32. The van der Waals surface area contributed by atoms with Crippen LogP contribution in [0.3, 0.4) is 0 Å². The number of carbonyl (C=O) groups is 4. The SMILES string of the molecule is Cc1noc(C)c1CC(=O)N1CCCNC(=O)c2csc(n2)[C@H](Cc2ccccc2)NC(=O)c2csc(n2)[C@H](CC(C)C)NC(=O)CCC1. The molecule has 260 valence electrons. The summed E-state index contributed by atoms with van der Waals surface area (Å²) in [6.07, 6.45) is 2.45. The molecular formula is C35H43N7O5S2. The van der Waals surface area contributed by atoms with E-state index >= 15 is 0 Å². The van der Waals surface area contributed by atoms with Crippen molar-refractivity contribution in [2.45, 2.75) is 78.3 Å². The van der Waals surface area contributed by atoms with Crippen LogP contribution >= 0.6 is 22.7 Å². The molecule has 0 fully saturated rings. The number of fused-ring (bicyclic) bond motifs is 4. The Morgan fingerprint density at radius 1 is 0.939 bits per heavy atom. The average Bonchev–Trinajstić information content (AvgIpc) is 3.83. The summed E-state index contributed by atoms with van der Waals surface area (Å²) in [5, 5.41) is 17.8. The van der Waals surface area contributed by atoms with Crippen LogP contribution in [-0.2, 0) is 22.4 Å². The topological polar surface area (TPSA) is 159 Å². The zero-order valence-corrected chi connectivity index (χ0v) is 29.9. The first-order valence-electron chi connectivity index (χ1n) is 16.6. The molecule has 1 aromatic carbocycles. The van der Waals surface area contributed by atoms with Crippen molar-refractivity contribution in [1.29, 1.82) is 0 Å². The molecule has 0 aliphatic carbocycles. The van der Waals surface area contributed by atoms with E-state index in [9.17, 15) is 19.2 Å². The third-order valence-corrected chi connectivity index (χ3v) is 10.2. The second-order valence-electron chi connectivity index (χ2n) is 12.7. The van der Waals surface area contributed by atoms with E-state index in [1.54, 1.807) is 22.6 Å². The fourth-order valence-electron chi connectivity index (χ4n) is 5.72. The zero-order valence-electron chi connectivity index (χ0n) is 28.3. The molecule has 5 rings (SSSR count). The molecule has 3 N–H and O–H groups in total. The van der Waals surface area contributed by atoms with Crippen LogP contribution < -0.4 is 16.0 Å². The molecule has 0 spiro atoms. The lowest BCUT2D eigenvalue weighted by molar-refractivity contribution is -0.131. The van der Waals surface area contributed by atoms with Crippen molar-refractivity contribution in [3.63, 3.8) is 0 Å². The van der Waals surface area contributed by atoms with Crippen molar-refractivity contribution < 1.29 is 23.7 Å². The first kappa shape index (κ1) is 35.9. The Labute approximate surface area is 294 Å². The number of benzene rings is 1. The summed E-state index contributed by atoms with van der Waals surface area (Å²) in [7, 11) is 0. The molecule has 14 heteroatoms. The number of rotatable bonds is 6. The number of amides is 4. The molecule has 4 heterocycles. The highest BCUT2D eigenvalue weighted by molar-refractivity contribution is 7.10. The molecule has 49 heavy (non-hydrogen) atoms. The van der Waals surface area contributed by atoms with E-state index in [0.717, 1.165) is 11.1 Å². The van der Waals surface area contributed by atoms with Crippen molar-refractivity contribution in [2.75, 3.05) is 19.6 Å². The molecule has 1 aliphatic heterocycles. The van der Waals surface area contributed by atoms with Crippen LogP contribution in [0.15, 0.2) is 45.6 Å². The van der Waals surface area contributed by atoms with Gasteiger partial charge in [-0.2, -0.15) is 0 Å². The van der Waals surface area contributed by atoms with Gasteiger partial charge in [0, 0.05) is 42.4 Å². The second kappa shape index (κ2) is 16.8. The summed E-state index contributed by atoms with van der Waals surface area (Å²) >= 11 is 2.65. The van der Waals surface area contributed by atoms with Gasteiger partial charge in [0.25, 0.3) is 11.8 Å². The highest BCUT2D eigenvalue weighted by atomic mass is 32.1. The van der Waals surface area contributed by atoms with E-state index in [1.165, 1.54) is 22.7 Å². The summed E-state index contributed by atoms with van der Waals surface area (Å²) in [5.41, 5.74) is 2.96. The van der Waals surface area contributed by atoms with E-state index in [0.29, 0.717) is 66.8 Å². The molecule has 4 bridgehead atoms. The zero-order chi connectivity index (χ0) is 34.9. The van der Waals surface area contributed by atoms with Gasteiger partial charge in [-0.3, -0.25) is 19.2 Å². The van der Waals surface area contributed by atoms with Gasteiger partial charge in [0.2, 0.25) is 11.8 Å². The van der Waals surface area contributed by atoms with Crippen LogP contribution in [0.25, 0.3) is 0 Å². The van der Waals surface area contributed by atoms with Gasteiger partial charge in [-0.05, 0) is 51.0 Å². The van der Waals surface area contributed by atoms with Crippen molar-refractivity contribution >= 4 is 46.3 Å². The van der Waals surface area contributed by atoms with Gasteiger partial charge in [0.1, 0.15) is 27.2 Å². The van der Waals surface area contributed by atoms with Crippen LogP contribution in [0.4, 0.5) is 0 Å². The van der Waals surface area contributed by atoms with Gasteiger partial charge < -0.3 is 25.4 Å². The minimum absolute atomic E-state index is 0.0988. The molecule has 0 saturated heterocycles. The molecule has 0 saturated carbocycles. The summed E-state index contributed by atoms with van der Waals surface area (Å²) in [6.45, 7) is 8.84. The molecule has 4 aromatic rings. The number of hydrogen-bond acceptors (Lipinski definition) is 10. The van der Waals surface area contributed by atoms with Crippen LogP contribution in [0, 0.1) is 19.8 Å². The first-order valence-corrected chi connectivity index (χ1v) is 18.4. The van der Waals surface area contributed by atoms with Crippen molar-refractivity contribution in [3.8, 4) is 0 Å². The Bertz CT molecular complexity index is 1730. The predicted molar refractivity (Wildman–Crippen MR) is 187 cm³/mol. The fourth-order valence-corrected chi connectivity index (χ4v) is 7.43. The molecule has 2 atom stereocenters. The molecule has 4 amide bonds. The average molecular weight is 706 g/mol. The maximum Gasteiger partial charge on any atom is 0.271 e. The van der Waals surface area contributed by atoms with Crippen molar-refractivity contribution in [1.82, 2.24) is 36.0 Å². The number of nitrogens with one attached hydrogen (secondary N) is 3. The number of aromatic nitrogens is 3. The summed E-state index contributed by atoms with van der Waals surface area (Å²) < 4.78 is 5.26. The number of aryl methyl sites for hydroxylation is 2. The standard InChI is InChI=1S/C35H43N7O5S2/c1-21(2)16-26-34-40-29(20-49-34)33(46)38-27(17-24-10-6-5-7-11-24)35-39-28(19-48-35)32(45)36-13-9-15-42(14-8-12-30(43)37-26)31(44)18-25-22(3)41-47-23(25)4/h5-7,10-11,19-21,26-27H,8-9,12-18H2,1-4H3,(H,36,45)(H,37,43)(H,38,46)/t26-,27-/m0/s1. The van der Waals surface area contributed by atoms with Gasteiger partial charge in [-0.25, -0.2) is 9.97 Å². The monoisotopic (exact) mass is 705 g/mol. The third kappa shape index (κ3) is 9.82. The van der Waals surface area contributed by atoms with Crippen LogP contribution in [-0.4, -0.2) is 63.3 Å². The number of nitrogens with zero attached hydrogens (tertiary/aromatic N) is 4. The quantitative estimate of drug-likeness (QED) is 0.250. The van der Waals surface area contributed by atoms with Gasteiger partial charge in [-0.1, -0.05) is 49.3 Å². The number of carbonyl (C=O) groups excluding carboxylic acids is 4. The normalized spacial score (nSPS) is 18.4. The van der Waals surface area contributed by atoms with Gasteiger partial charge in [0.15, 0.2) is 0 Å². The maximum absolute atomic E-state index is 13.6. The van der Waals surface area contributed by atoms with Gasteiger partial charge >= 0.3 is 0 Å². The minimum Gasteiger partial charge on any atom is -0.361 e. The smallest absolute Gasteiger partial charge is 0.271 e. The van der Waals surface area contributed by atoms with Crippen molar-refractivity contribution in [3.05, 3.63) is 85.1 Å². The lowest BCUT2D eigenvalue weighted by Gasteiger charge is -2.23. The molecule has 12 nitrogen and oxygen atoms in total. The first-order chi connectivity index (χ1) is 23.6. The van der Waals surface area contributed by atoms with Gasteiger partial charge in [0.05, 0.1) is 24.2 Å². The largest absolute Gasteiger partial charge is 0.361 e. The Kier molecular flexibility index (Phi) is 12.3. The van der Waals surface area contributed by atoms with E-state index in [1.807, 2.05) is 37.3 Å². The van der Waals surface area contributed by atoms with Crippen LogP contribution in [0.5, 0.6) is 0 Å². The van der Waals surface area contributed by atoms with Crippen molar-refractivity contribution in [2.24, 2.45) is 5.92 Å².